The third-order valence-corrected chi connectivity index (χ3v) is 3.89. The molecule has 1 saturated heterocycles. The molecule has 0 saturated carbocycles. The normalized spacial score (nSPS) is 19.8. The van der Waals surface area contributed by atoms with Crippen molar-refractivity contribution >= 4 is 15.9 Å². The summed E-state index contributed by atoms with van der Waals surface area (Å²) in [7, 11) is -1.49. The van der Waals surface area contributed by atoms with Crippen molar-refractivity contribution in [3.05, 3.63) is 17.7 Å². The number of hydrogen-bond acceptors (Lipinski definition) is 5. The standard InChI is InChI=1S/C12H20N4O4S/c1-9-7-15(2)12(14-9)10-8-16(4-5-20-10)11(17)6-13-21(3,18)19/h7,10,13H,4-6,8H2,1-3H3. The average molecular weight is 316 g/mol. The second kappa shape index (κ2) is 6.12. The van der Waals surface area contributed by atoms with E-state index < -0.39 is 10.0 Å². The molecule has 1 aliphatic rings. The van der Waals surface area contributed by atoms with Crippen LogP contribution in [0.15, 0.2) is 6.20 Å². The van der Waals surface area contributed by atoms with Gasteiger partial charge in [0.2, 0.25) is 15.9 Å². The Bertz CT molecular complexity index is 625. The molecule has 118 valence electrons. The van der Waals surface area contributed by atoms with E-state index in [1.807, 2.05) is 24.7 Å². The zero-order chi connectivity index (χ0) is 15.6. The van der Waals surface area contributed by atoms with Gasteiger partial charge in [-0.1, -0.05) is 0 Å². The van der Waals surface area contributed by atoms with E-state index in [0.717, 1.165) is 17.8 Å². The van der Waals surface area contributed by atoms with E-state index in [9.17, 15) is 13.2 Å². The minimum Gasteiger partial charge on any atom is -0.367 e. The molecule has 1 atom stereocenters. The summed E-state index contributed by atoms with van der Waals surface area (Å²) in [5, 5.41) is 0. The van der Waals surface area contributed by atoms with Gasteiger partial charge in [-0.3, -0.25) is 4.79 Å². The van der Waals surface area contributed by atoms with Gasteiger partial charge in [-0.25, -0.2) is 18.1 Å². The van der Waals surface area contributed by atoms with E-state index in [2.05, 4.69) is 9.71 Å². The summed E-state index contributed by atoms with van der Waals surface area (Å²) in [4.78, 5) is 18.0. The van der Waals surface area contributed by atoms with Gasteiger partial charge in [0.25, 0.3) is 0 Å². The Kier molecular flexibility index (Phi) is 4.64. The highest BCUT2D eigenvalue weighted by Crippen LogP contribution is 2.21. The predicted octanol–water partition coefficient (Wildman–Crippen LogP) is -0.822. The largest absolute Gasteiger partial charge is 0.367 e. The molecule has 1 N–H and O–H groups in total. The van der Waals surface area contributed by atoms with Crippen molar-refractivity contribution < 1.29 is 17.9 Å². The fourth-order valence-corrected chi connectivity index (χ4v) is 2.66. The van der Waals surface area contributed by atoms with E-state index in [1.165, 1.54) is 0 Å². The molecule has 1 amide bonds. The molecule has 0 bridgehead atoms. The third-order valence-electron chi connectivity index (χ3n) is 3.23. The Morgan fingerprint density at radius 3 is 2.86 bits per heavy atom. The quantitative estimate of drug-likeness (QED) is 0.783. The van der Waals surface area contributed by atoms with E-state index in [1.54, 1.807) is 4.90 Å². The Morgan fingerprint density at radius 1 is 1.57 bits per heavy atom. The second-order valence-corrected chi connectivity index (χ2v) is 6.98. The number of ether oxygens (including phenoxy) is 1. The molecule has 1 aliphatic heterocycles. The minimum atomic E-state index is -3.37. The van der Waals surface area contributed by atoms with Crippen LogP contribution in [0.3, 0.4) is 0 Å². The summed E-state index contributed by atoms with van der Waals surface area (Å²) in [5.41, 5.74) is 0.887. The topological polar surface area (TPSA) is 93.5 Å². The number of amides is 1. The number of imidazole rings is 1. The van der Waals surface area contributed by atoms with E-state index in [0.29, 0.717) is 19.7 Å². The van der Waals surface area contributed by atoms with Crippen LogP contribution in [0.1, 0.15) is 17.6 Å². The summed E-state index contributed by atoms with van der Waals surface area (Å²) in [6.07, 6.45) is 2.63. The molecule has 1 aromatic heterocycles. The number of rotatable bonds is 4. The van der Waals surface area contributed by atoms with Gasteiger partial charge >= 0.3 is 0 Å². The molecule has 0 aliphatic carbocycles. The van der Waals surface area contributed by atoms with Gasteiger partial charge in [0.1, 0.15) is 11.9 Å². The van der Waals surface area contributed by atoms with Crippen LogP contribution in [0.5, 0.6) is 0 Å². The van der Waals surface area contributed by atoms with Crippen molar-refractivity contribution in [3.8, 4) is 0 Å². The molecule has 0 aromatic carbocycles. The SMILES string of the molecule is Cc1cn(C)c(C2CN(C(=O)CNS(C)(=O)=O)CCO2)n1. The van der Waals surface area contributed by atoms with Gasteiger partial charge in [0.05, 0.1) is 31.6 Å². The van der Waals surface area contributed by atoms with Crippen molar-refractivity contribution in [1.29, 1.82) is 0 Å². The Hall–Kier alpha value is -1.45. The first-order valence-electron chi connectivity index (χ1n) is 6.60. The summed E-state index contributed by atoms with van der Waals surface area (Å²) >= 11 is 0. The van der Waals surface area contributed by atoms with Gasteiger partial charge in [-0.05, 0) is 6.92 Å². The van der Waals surface area contributed by atoms with E-state index in [-0.39, 0.29) is 18.6 Å². The Labute approximate surface area is 124 Å². The van der Waals surface area contributed by atoms with Crippen molar-refractivity contribution in [1.82, 2.24) is 19.2 Å². The highest BCUT2D eigenvalue weighted by Gasteiger charge is 2.28. The number of nitrogens with zero attached hydrogens (tertiary/aromatic N) is 3. The van der Waals surface area contributed by atoms with Gasteiger partial charge in [0, 0.05) is 19.8 Å². The Morgan fingerprint density at radius 2 is 2.29 bits per heavy atom. The lowest BCUT2D eigenvalue weighted by Crippen LogP contribution is -2.46. The molecule has 1 fully saturated rings. The van der Waals surface area contributed by atoms with Gasteiger partial charge in [-0.2, -0.15) is 0 Å². The molecule has 21 heavy (non-hydrogen) atoms. The number of nitrogens with one attached hydrogen (secondary N) is 1. The van der Waals surface area contributed by atoms with E-state index >= 15 is 0 Å². The summed E-state index contributed by atoms with van der Waals surface area (Å²) in [5.74, 6) is 0.501. The molecule has 1 unspecified atom stereocenters. The van der Waals surface area contributed by atoms with Gasteiger partial charge in [-0.15, -0.1) is 0 Å². The van der Waals surface area contributed by atoms with Crippen LogP contribution in [-0.4, -0.2) is 61.3 Å². The number of carbonyl (C=O) groups is 1. The number of sulfonamides is 1. The van der Waals surface area contributed by atoms with Crippen molar-refractivity contribution in [3.63, 3.8) is 0 Å². The number of aryl methyl sites for hydroxylation is 2. The summed E-state index contributed by atoms with van der Waals surface area (Å²) in [6.45, 7) is 2.89. The van der Waals surface area contributed by atoms with Crippen LogP contribution in [0, 0.1) is 6.92 Å². The average Bonchev–Trinajstić information content (AvgIpc) is 2.74. The smallest absolute Gasteiger partial charge is 0.237 e. The molecule has 9 heteroatoms. The lowest BCUT2D eigenvalue weighted by atomic mass is 10.2. The van der Waals surface area contributed by atoms with Crippen LogP contribution in [0.25, 0.3) is 0 Å². The minimum absolute atomic E-state index is 0.231. The highest BCUT2D eigenvalue weighted by atomic mass is 32.2. The molecule has 8 nitrogen and oxygen atoms in total. The highest BCUT2D eigenvalue weighted by molar-refractivity contribution is 7.88. The molecular weight excluding hydrogens is 296 g/mol. The third kappa shape index (κ3) is 4.26. The lowest BCUT2D eigenvalue weighted by molar-refractivity contribution is -0.138. The van der Waals surface area contributed by atoms with Crippen molar-refractivity contribution in [2.45, 2.75) is 13.0 Å². The maximum absolute atomic E-state index is 12.0. The zero-order valence-corrected chi connectivity index (χ0v) is 13.2. The number of morpholine rings is 1. The first-order valence-corrected chi connectivity index (χ1v) is 8.49. The second-order valence-electron chi connectivity index (χ2n) is 5.14. The number of carbonyl (C=O) groups excluding carboxylic acids is 1. The Balaban J connectivity index is 2.00. The van der Waals surface area contributed by atoms with Crippen LogP contribution in [0.2, 0.25) is 0 Å². The molecule has 2 heterocycles. The van der Waals surface area contributed by atoms with Crippen LogP contribution >= 0.6 is 0 Å². The number of aromatic nitrogens is 2. The monoisotopic (exact) mass is 316 g/mol. The predicted molar refractivity (Wildman–Crippen MR) is 76.1 cm³/mol. The summed E-state index contributed by atoms with van der Waals surface area (Å²) in [6, 6.07) is 0. The molecule has 2 rings (SSSR count). The van der Waals surface area contributed by atoms with Crippen LogP contribution in [0.4, 0.5) is 0 Å². The lowest BCUT2D eigenvalue weighted by Gasteiger charge is -2.32. The van der Waals surface area contributed by atoms with Crippen molar-refractivity contribution in [2.75, 3.05) is 32.5 Å². The van der Waals surface area contributed by atoms with Crippen LogP contribution < -0.4 is 4.72 Å². The first-order chi connectivity index (χ1) is 9.76. The van der Waals surface area contributed by atoms with Crippen LogP contribution in [-0.2, 0) is 26.6 Å². The maximum atomic E-state index is 12.0. The van der Waals surface area contributed by atoms with E-state index in [4.69, 9.17) is 4.74 Å². The maximum Gasteiger partial charge on any atom is 0.237 e. The summed E-state index contributed by atoms with van der Waals surface area (Å²) < 4.78 is 31.8. The molecule has 1 aromatic rings. The van der Waals surface area contributed by atoms with Gasteiger partial charge in [0.15, 0.2) is 0 Å². The molecular formula is C12H20N4O4S. The molecule has 0 spiro atoms. The molecule has 0 radical (unpaired) electrons. The fraction of sp³-hybridized carbons (Fsp3) is 0.667. The first kappa shape index (κ1) is 15.9. The zero-order valence-electron chi connectivity index (χ0n) is 12.4. The fourth-order valence-electron chi connectivity index (χ4n) is 2.27. The number of hydrogen-bond donors (Lipinski definition) is 1. The van der Waals surface area contributed by atoms with Crippen molar-refractivity contribution in [2.24, 2.45) is 7.05 Å². The van der Waals surface area contributed by atoms with Gasteiger partial charge < -0.3 is 14.2 Å².